The molecular formula is C16H13ClN2OS2. The number of thiazole rings is 1. The summed E-state index contributed by atoms with van der Waals surface area (Å²) in [6, 6.07) is 15.5. The summed E-state index contributed by atoms with van der Waals surface area (Å²) in [4.78, 5) is 5.56. The molecule has 3 nitrogen and oxygen atoms in total. The van der Waals surface area contributed by atoms with Gasteiger partial charge in [-0.05, 0) is 48.5 Å². The van der Waals surface area contributed by atoms with Gasteiger partial charge in [0, 0.05) is 15.5 Å². The lowest BCUT2D eigenvalue weighted by Gasteiger charge is -2.04. The monoisotopic (exact) mass is 348 g/mol. The molecule has 6 heteroatoms. The normalized spacial score (nSPS) is 10.6. The molecule has 3 rings (SSSR count). The number of rotatable bonds is 4. The lowest BCUT2D eigenvalue weighted by molar-refractivity contribution is 0.415. The van der Waals surface area contributed by atoms with Crippen LogP contribution in [0.3, 0.4) is 0 Å². The summed E-state index contributed by atoms with van der Waals surface area (Å²) in [6.45, 7) is 0. The van der Waals surface area contributed by atoms with Crippen LogP contribution in [0.25, 0.3) is 11.3 Å². The maximum Gasteiger partial charge on any atom is 0.181 e. The lowest BCUT2D eigenvalue weighted by atomic mass is 10.2. The SMILES string of the molecule is COc1ccc(-c2nc(N)sc2Sc2ccc(Cl)cc2)cc1. The van der Waals surface area contributed by atoms with E-state index in [1.807, 2.05) is 48.5 Å². The van der Waals surface area contributed by atoms with Gasteiger partial charge in [-0.1, -0.05) is 34.7 Å². The zero-order chi connectivity index (χ0) is 15.5. The fourth-order valence-corrected chi connectivity index (χ4v) is 4.10. The summed E-state index contributed by atoms with van der Waals surface area (Å²) in [6.07, 6.45) is 0. The van der Waals surface area contributed by atoms with Crippen LogP contribution in [0.15, 0.2) is 57.6 Å². The van der Waals surface area contributed by atoms with Gasteiger partial charge >= 0.3 is 0 Å². The van der Waals surface area contributed by atoms with Crippen molar-refractivity contribution < 1.29 is 4.74 Å². The van der Waals surface area contributed by atoms with E-state index in [9.17, 15) is 0 Å². The molecule has 0 aliphatic heterocycles. The molecule has 0 spiro atoms. The zero-order valence-corrected chi connectivity index (χ0v) is 14.1. The van der Waals surface area contributed by atoms with Gasteiger partial charge < -0.3 is 10.5 Å². The Morgan fingerprint density at radius 3 is 2.41 bits per heavy atom. The predicted molar refractivity (Wildman–Crippen MR) is 94.1 cm³/mol. The maximum atomic E-state index is 5.92. The van der Waals surface area contributed by atoms with Crippen LogP contribution in [0.4, 0.5) is 5.13 Å². The van der Waals surface area contributed by atoms with Gasteiger partial charge in [0.1, 0.15) is 5.75 Å². The molecule has 3 aromatic rings. The number of benzene rings is 2. The van der Waals surface area contributed by atoms with Gasteiger partial charge in [0.05, 0.1) is 17.0 Å². The van der Waals surface area contributed by atoms with Crippen LogP contribution in [0.2, 0.25) is 5.02 Å². The second-order valence-electron chi connectivity index (χ2n) is 4.47. The number of methoxy groups -OCH3 is 1. The van der Waals surface area contributed by atoms with Crippen molar-refractivity contribution in [3.05, 3.63) is 53.6 Å². The molecule has 1 heterocycles. The Hall–Kier alpha value is -1.69. The van der Waals surface area contributed by atoms with Crippen LogP contribution >= 0.6 is 34.7 Å². The van der Waals surface area contributed by atoms with Gasteiger partial charge in [0.25, 0.3) is 0 Å². The average Bonchev–Trinajstić information content (AvgIpc) is 2.90. The van der Waals surface area contributed by atoms with Gasteiger partial charge in [0.15, 0.2) is 5.13 Å². The third kappa shape index (κ3) is 3.38. The summed E-state index contributed by atoms with van der Waals surface area (Å²) < 4.78 is 6.25. The number of ether oxygens (including phenoxy) is 1. The summed E-state index contributed by atoms with van der Waals surface area (Å²) in [7, 11) is 1.65. The predicted octanol–water partition coefficient (Wildman–Crippen LogP) is 5.21. The highest BCUT2D eigenvalue weighted by atomic mass is 35.5. The van der Waals surface area contributed by atoms with Crippen LogP contribution < -0.4 is 10.5 Å². The summed E-state index contributed by atoms with van der Waals surface area (Å²) in [5.41, 5.74) is 7.81. The Bertz CT molecular complexity index is 770. The van der Waals surface area contributed by atoms with Crippen LogP contribution in [-0.2, 0) is 0 Å². The van der Waals surface area contributed by atoms with E-state index in [-0.39, 0.29) is 0 Å². The Balaban J connectivity index is 1.93. The van der Waals surface area contributed by atoms with E-state index in [2.05, 4.69) is 4.98 Å². The van der Waals surface area contributed by atoms with Gasteiger partial charge in [-0.25, -0.2) is 4.98 Å². The van der Waals surface area contributed by atoms with Crippen LogP contribution in [0.5, 0.6) is 5.75 Å². The molecule has 0 aliphatic rings. The highest BCUT2D eigenvalue weighted by molar-refractivity contribution is 8.01. The number of anilines is 1. The molecule has 0 atom stereocenters. The second-order valence-corrected chi connectivity index (χ2v) is 7.28. The molecule has 0 radical (unpaired) electrons. The third-order valence-electron chi connectivity index (χ3n) is 3.00. The second kappa shape index (κ2) is 6.60. The minimum atomic E-state index is 0.558. The number of hydrogen-bond donors (Lipinski definition) is 1. The largest absolute Gasteiger partial charge is 0.497 e. The first-order chi connectivity index (χ1) is 10.7. The fraction of sp³-hybridized carbons (Fsp3) is 0.0625. The average molecular weight is 349 g/mol. The highest BCUT2D eigenvalue weighted by Gasteiger charge is 2.13. The number of hydrogen-bond acceptors (Lipinski definition) is 5. The molecule has 2 N–H and O–H groups in total. The minimum Gasteiger partial charge on any atom is -0.497 e. The smallest absolute Gasteiger partial charge is 0.181 e. The molecule has 112 valence electrons. The van der Waals surface area contributed by atoms with Gasteiger partial charge in [-0.3, -0.25) is 0 Å². The quantitative estimate of drug-likeness (QED) is 0.703. The van der Waals surface area contributed by atoms with Crippen LogP contribution in [0.1, 0.15) is 0 Å². The Morgan fingerprint density at radius 2 is 1.77 bits per heavy atom. The van der Waals surface area contributed by atoms with Gasteiger partial charge in [-0.15, -0.1) is 0 Å². The first-order valence-electron chi connectivity index (χ1n) is 6.50. The van der Waals surface area contributed by atoms with Crippen molar-refractivity contribution in [2.24, 2.45) is 0 Å². The maximum absolute atomic E-state index is 5.92. The van der Waals surface area contributed by atoms with Gasteiger partial charge in [-0.2, -0.15) is 0 Å². The molecule has 0 fully saturated rings. The van der Waals surface area contributed by atoms with E-state index >= 15 is 0 Å². The summed E-state index contributed by atoms with van der Waals surface area (Å²) in [5, 5.41) is 1.28. The third-order valence-corrected chi connectivity index (χ3v) is 5.32. The first-order valence-corrected chi connectivity index (χ1v) is 8.51. The Kier molecular flexibility index (Phi) is 4.57. The van der Waals surface area contributed by atoms with Crippen molar-refractivity contribution in [3.63, 3.8) is 0 Å². The topological polar surface area (TPSA) is 48.1 Å². The van der Waals surface area contributed by atoms with E-state index in [0.29, 0.717) is 5.13 Å². The number of nitrogen functional groups attached to an aromatic ring is 1. The van der Waals surface area contributed by atoms with Crippen molar-refractivity contribution in [2.45, 2.75) is 9.10 Å². The van der Waals surface area contributed by atoms with Crippen molar-refractivity contribution >= 4 is 39.8 Å². The molecule has 22 heavy (non-hydrogen) atoms. The minimum absolute atomic E-state index is 0.558. The number of nitrogens with zero attached hydrogens (tertiary/aromatic N) is 1. The molecule has 0 amide bonds. The number of aromatic nitrogens is 1. The van der Waals surface area contributed by atoms with Crippen LogP contribution in [-0.4, -0.2) is 12.1 Å². The summed E-state index contributed by atoms with van der Waals surface area (Å²) in [5.74, 6) is 0.818. The summed E-state index contributed by atoms with van der Waals surface area (Å²) >= 11 is 9.04. The molecule has 1 aromatic heterocycles. The van der Waals surface area contributed by atoms with E-state index in [0.717, 1.165) is 31.1 Å². The van der Waals surface area contributed by atoms with Crippen molar-refractivity contribution in [2.75, 3.05) is 12.8 Å². The molecule has 0 saturated heterocycles. The Labute approximate surface area is 142 Å². The molecule has 0 bridgehead atoms. The molecule has 0 saturated carbocycles. The Morgan fingerprint density at radius 1 is 1.09 bits per heavy atom. The van der Waals surface area contributed by atoms with E-state index < -0.39 is 0 Å². The molecule has 0 unspecified atom stereocenters. The van der Waals surface area contributed by atoms with E-state index in [4.69, 9.17) is 22.1 Å². The fourth-order valence-electron chi connectivity index (χ4n) is 1.93. The molecule has 0 aliphatic carbocycles. The number of nitrogens with two attached hydrogens (primary N) is 1. The van der Waals surface area contributed by atoms with Crippen LogP contribution in [0, 0.1) is 0 Å². The first kappa shape index (κ1) is 15.2. The number of halogens is 1. The van der Waals surface area contributed by atoms with Crippen molar-refractivity contribution in [1.29, 1.82) is 0 Å². The molecule has 2 aromatic carbocycles. The zero-order valence-electron chi connectivity index (χ0n) is 11.7. The highest BCUT2D eigenvalue weighted by Crippen LogP contribution is 2.41. The van der Waals surface area contributed by atoms with E-state index in [1.54, 1.807) is 18.9 Å². The van der Waals surface area contributed by atoms with E-state index in [1.165, 1.54) is 11.3 Å². The van der Waals surface area contributed by atoms with Crippen molar-refractivity contribution in [1.82, 2.24) is 4.98 Å². The molecular weight excluding hydrogens is 336 g/mol. The van der Waals surface area contributed by atoms with Gasteiger partial charge in [0.2, 0.25) is 0 Å². The standard InChI is InChI=1S/C16H13ClN2OS2/c1-20-12-6-2-10(3-7-12)14-15(22-16(18)19-14)21-13-8-4-11(17)5-9-13/h2-9H,1H3,(H2,18,19). The lowest BCUT2D eigenvalue weighted by Crippen LogP contribution is -1.85. The van der Waals surface area contributed by atoms with Crippen molar-refractivity contribution in [3.8, 4) is 17.0 Å².